The molecule has 0 bridgehead atoms. The van der Waals surface area contributed by atoms with Crippen LogP contribution in [0.2, 0.25) is 5.02 Å². The number of pyridine rings is 1. The molecule has 0 saturated heterocycles. The second kappa shape index (κ2) is 6.93. The monoisotopic (exact) mass is 344 g/mol. The highest BCUT2D eigenvalue weighted by atomic mass is 35.5. The summed E-state index contributed by atoms with van der Waals surface area (Å²) in [6, 6.07) is 11.1. The molecule has 3 rings (SSSR count). The summed E-state index contributed by atoms with van der Waals surface area (Å²) in [5.41, 5.74) is 0.858. The maximum absolute atomic E-state index is 12.3. The van der Waals surface area contributed by atoms with Crippen LogP contribution in [0.3, 0.4) is 0 Å². The van der Waals surface area contributed by atoms with Crippen LogP contribution in [0.4, 0.5) is 5.82 Å². The Morgan fingerprint density at radius 2 is 2.00 bits per heavy atom. The number of rotatable bonds is 4. The Balaban J connectivity index is 1.73. The predicted octanol–water partition coefficient (Wildman–Crippen LogP) is 3.80. The molecule has 0 saturated carbocycles. The van der Waals surface area contributed by atoms with Crippen LogP contribution in [0.5, 0.6) is 0 Å². The Labute approximate surface area is 142 Å². The molecule has 2 aromatic heterocycles. The lowest BCUT2D eigenvalue weighted by Crippen LogP contribution is -2.23. The zero-order valence-electron chi connectivity index (χ0n) is 12.2. The van der Waals surface area contributed by atoms with Crippen molar-refractivity contribution in [3.05, 3.63) is 53.9 Å². The molecule has 0 spiro atoms. The van der Waals surface area contributed by atoms with Gasteiger partial charge in [-0.15, -0.1) is 0 Å². The van der Waals surface area contributed by atoms with E-state index in [1.807, 2.05) is 31.2 Å². The number of halogens is 1. The van der Waals surface area contributed by atoms with Gasteiger partial charge >= 0.3 is 0 Å². The van der Waals surface area contributed by atoms with E-state index in [4.69, 9.17) is 11.6 Å². The molecule has 0 radical (unpaired) electrons. The smallest absolute Gasteiger partial charge is 0.238 e. The summed E-state index contributed by atoms with van der Waals surface area (Å²) in [5, 5.41) is 4.68. The van der Waals surface area contributed by atoms with Crippen LogP contribution in [0.25, 0.3) is 10.9 Å². The van der Waals surface area contributed by atoms with E-state index in [0.29, 0.717) is 10.8 Å². The number of fused-ring (bicyclic) bond motifs is 1. The molecule has 2 heterocycles. The Hall–Kier alpha value is -2.18. The van der Waals surface area contributed by atoms with E-state index in [1.54, 1.807) is 12.1 Å². The van der Waals surface area contributed by atoms with Gasteiger partial charge in [0.25, 0.3) is 0 Å². The van der Waals surface area contributed by atoms with Crippen LogP contribution in [-0.2, 0) is 4.79 Å². The van der Waals surface area contributed by atoms with Gasteiger partial charge in [-0.25, -0.2) is 15.0 Å². The molecule has 0 fully saturated rings. The van der Waals surface area contributed by atoms with Crippen LogP contribution < -0.4 is 5.32 Å². The van der Waals surface area contributed by atoms with E-state index >= 15 is 0 Å². The second-order valence-electron chi connectivity index (χ2n) is 4.81. The molecule has 1 atom stereocenters. The van der Waals surface area contributed by atoms with E-state index in [-0.39, 0.29) is 11.2 Å². The maximum Gasteiger partial charge on any atom is 0.238 e. The van der Waals surface area contributed by atoms with Crippen molar-refractivity contribution in [3.63, 3.8) is 0 Å². The zero-order valence-corrected chi connectivity index (χ0v) is 13.8. The highest BCUT2D eigenvalue weighted by Gasteiger charge is 2.17. The number of anilines is 1. The van der Waals surface area contributed by atoms with Gasteiger partial charge in [0, 0.05) is 11.6 Å². The van der Waals surface area contributed by atoms with E-state index in [2.05, 4.69) is 20.3 Å². The molecule has 1 aromatic carbocycles. The van der Waals surface area contributed by atoms with Gasteiger partial charge in [-0.1, -0.05) is 41.6 Å². The van der Waals surface area contributed by atoms with Crippen molar-refractivity contribution in [2.45, 2.75) is 17.2 Å². The van der Waals surface area contributed by atoms with Gasteiger partial charge in [0.1, 0.15) is 17.2 Å². The highest BCUT2D eigenvalue weighted by molar-refractivity contribution is 8.00. The number of nitrogens with one attached hydrogen (secondary N) is 1. The Bertz CT molecular complexity index is 836. The quantitative estimate of drug-likeness (QED) is 0.576. The minimum absolute atomic E-state index is 0.146. The highest BCUT2D eigenvalue weighted by Crippen LogP contribution is 2.28. The van der Waals surface area contributed by atoms with Crippen molar-refractivity contribution in [1.29, 1.82) is 0 Å². The van der Waals surface area contributed by atoms with Crippen LogP contribution in [0.15, 0.2) is 53.9 Å². The van der Waals surface area contributed by atoms with Crippen LogP contribution >= 0.6 is 23.4 Å². The summed E-state index contributed by atoms with van der Waals surface area (Å²) in [6.07, 6.45) is 3.00. The summed E-state index contributed by atoms with van der Waals surface area (Å²) in [7, 11) is 0. The number of thioether (sulfide) groups is 1. The molecule has 0 unspecified atom stereocenters. The van der Waals surface area contributed by atoms with Crippen LogP contribution in [0, 0.1) is 0 Å². The third-order valence-corrected chi connectivity index (χ3v) is 4.48. The number of amides is 1. The van der Waals surface area contributed by atoms with Crippen molar-refractivity contribution < 1.29 is 4.79 Å². The normalized spacial score (nSPS) is 12.1. The van der Waals surface area contributed by atoms with Crippen molar-refractivity contribution in [2.24, 2.45) is 0 Å². The first-order chi connectivity index (χ1) is 11.1. The van der Waals surface area contributed by atoms with Gasteiger partial charge < -0.3 is 5.32 Å². The molecule has 0 aliphatic carbocycles. The number of aromatic nitrogens is 3. The largest absolute Gasteiger partial charge is 0.310 e. The molecule has 116 valence electrons. The molecular formula is C16H13ClN4OS. The van der Waals surface area contributed by atoms with E-state index < -0.39 is 0 Å². The molecule has 5 nitrogen and oxygen atoms in total. The van der Waals surface area contributed by atoms with Gasteiger partial charge in [0.05, 0.1) is 15.8 Å². The maximum atomic E-state index is 12.3. The zero-order chi connectivity index (χ0) is 16.2. The molecule has 1 N–H and O–H groups in total. The predicted molar refractivity (Wildman–Crippen MR) is 92.7 cm³/mol. The van der Waals surface area contributed by atoms with Gasteiger partial charge in [0.15, 0.2) is 0 Å². The molecule has 0 aliphatic rings. The van der Waals surface area contributed by atoms with Gasteiger partial charge in [-0.2, -0.15) is 0 Å². The van der Waals surface area contributed by atoms with Gasteiger partial charge in [-0.3, -0.25) is 4.79 Å². The number of hydrogen-bond acceptors (Lipinski definition) is 5. The summed E-state index contributed by atoms with van der Waals surface area (Å²) < 4.78 is 0. The summed E-state index contributed by atoms with van der Waals surface area (Å²) in [4.78, 5) is 24.9. The number of hydrogen-bond donors (Lipinski definition) is 1. The van der Waals surface area contributed by atoms with E-state index in [1.165, 1.54) is 24.3 Å². The second-order valence-corrected chi connectivity index (χ2v) is 6.57. The first-order valence-electron chi connectivity index (χ1n) is 6.92. The standard InChI is InChI=1S/C16H13ClN4OS/c1-10(15(22)21-14-7-6-11(17)8-18-14)23-16-12-4-2-3-5-13(12)19-9-20-16/h2-10H,1H3,(H,18,21,22)/t10-/m0/s1. The Morgan fingerprint density at radius 1 is 1.17 bits per heavy atom. The SMILES string of the molecule is C[C@H](Sc1ncnc2ccccc12)C(=O)Nc1ccc(Cl)cn1. The van der Waals surface area contributed by atoms with Crippen molar-refractivity contribution >= 4 is 46.0 Å². The topological polar surface area (TPSA) is 67.8 Å². The fraction of sp³-hybridized carbons (Fsp3) is 0.125. The van der Waals surface area contributed by atoms with Gasteiger partial charge in [0.2, 0.25) is 5.91 Å². The summed E-state index contributed by atoms with van der Waals surface area (Å²) in [6.45, 7) is 1.83. The van der Waals surface area contributed by atoms with Crippen LogP contribution in [-0.4, -0.2) is 26.1 Å². The molecule has 1 amide bonds. The first-order valence-corrected chi connectivity index (χ1v) is 8.18. The lowest BCUT2D eigenvalue weighted by molar-refractivity contribution is -0.115. The summed E-state index contributed by atoms with van der Waals surface area (Å²) in [5.74, 6) is 0.326. The molecular weight excluding hydrogens is 332 g/mol. The first kappa shape index (κ1) is 15.7. The van der Waals surface area contributed by atoms with Crippen molar-refractivity contribution in [1.82, 2.24) is 15.0 Å². The molecule has 0 aliphatic heterocycles. The number of para-hydroxylation sites is 1. The third kappa shape index (κ3) is 3.78. The third-order valence-electron chi connectivity index (χ3n) is 3.14. The van der Waals surface area contributed by atoms with Crippen molar-refractivity contribution in [3.8, 4) is 0 Å². The lowest BCUT2D eigenvalue weighted by Gasteiger charge is -2.12. The number of carbonyl (C=O) groups excluding carboxylic acids is 1. The average Bonchev–Trinajstić information content (AvgIpc) is 2.57. The fourth-order valence-electron chi connectivity index (χ4n) is 1.97. The Morgan fingerprint density at radius 3 is 2.78 bits per heavy atom. The number of benzene rings is 1. The van der Waals surface area contributed by atoms with Crippen molar-refractivity contribution in [2.75, 3.05) is 5.32 Å². The van der Waals surface area contributed by atoms with Crippen LogP contribution in [0.1, 0.15) is 6.92 Å². The molecule has 3 aromatic rings. The minimum atomic E-state index is -0.328. The average molecular weight is 345 g/mol. The molecule has 7 heteroatoms. The minimum Gasteiger partial charge on any atom is -0.310 e. The number of nitrogens with zero attached hydrogens (tertiary/aromatic N) is 3. The Kier molecular flexibility index (Phi) is 4.73. The summed E-state index contributed by atoms with van der Waals surface area (Å²) >= 11 is 7.17. The number of carbonyl (C=O) groups is 1. The van der Waals surface area contributed by atoms with E-state index in [0.717, 1.165) is 15.9 Å². The fourth-order valence-corrected chi connectivity index (χ4v) is 2.99. The molecule has 23 heavy (non-hydrogen) atoms. The van der Waals surface area contributed by atoms with Gasteiger partial charge in [-0.05, 0) is 25.1 Å². The lowest BCUT2D eigenvalue weighted by atomic mass is 10.2. The van der Waals surface area contributed by atoms with E-state index in [9.17, 15) is 4.79 Å².